The predicted molar refractivity (Wildman–Crippen MR) is 100 cm³/mol. The summed E-state index contributed by atoms with van der Waals surface area (Å²) in [5, 5.41) is 3.28. The number of fused-ring (bicyclic) bond motifs is 1. The molecule has 1 aromatic heterocycles. The van der Waals surface area contributed by atoms with Crippen molar-refractivity contribution in [3.63, 3.8) is 0 Å². The van der Waals surface area contributed by atoms with E-state index in [-0.39, 0.29) is 17.4 Å². The molecule has 0 aliphatic rings. The van der Waals surface area contributed by atoms with Crippen LogP contribution in [0, 0.1) is 12.7 Å². The van der Waals surface area contributed by atoms with Crippen molar-refractivity contribution in [2.45, 2.75) is 18.7 Å². The molecule has 1 heterocycles. The third-order valence-electron chi connectivity index (χ3n) is 3.56. The van der Waals surface area contributed by atoms with E-state index in [1.807, 2.05) is 25.1 Å². The van der Waals surface area contributed by atoms with Crippen LogP contribution in [0.4, 0.5) is 9.52 Å². The number of nitrogens with one attached hydrogen (secondary N) is 1. The number of carbonyl (C=O) groups is 2. The van der Waals surface area contributed by atoms with E-state index in [4.69, 9.17) is 0 Å². The Morgan fingerprint density at radius 3 is 2.76 bits per heavy atom. The zero-order valence-corrected chi connectivity index (χ0v) is 15.3. The number of amides is 1. The summed E-state index contributed by atoms with van der Waals surface area (Å²) in [6.45, 7) is 3.35. The maximum atomic E-state index is 14.0. The Balaban J connectivity index is 1.64. The van der Waals surface area contributed by atoms with Gasteiger partial charge < -0.3 is 5.32 Å². The number of para-hydroxylation sites is 1. The number of hydrogen-bond donors (Lipinski definition) is 1. The number of Topliss-reactive ketones (excluding diaryl/α,β-unsaturated/α-hetero) is 1. The quantitative estimate of drug-likeness (QED) is 0.520. The molecule has 1 N–H and O–H groups in total. The number of ketones is 1. The van der Waals surface area contributed by atoms with Crippen molar-refractivity contribution in [3.05, 3.63) is 53.3 Å². The Labute approximate surface area is 152 Å². The van der Waals surface area contributed by atoms with Crippen LogP contribution >= 0.6 is 23.1 Å². The molecule has 3 aromatic rings. The van der Waals surface area contributed by atoms with Crippen LogP contribution in [0.15, 0.2) is 41.3 Å². The highest BCUT2D eigenvalue weighted by Crippen LogP contribution is 2.28. The van der Waals surface area contributed by atoms with Gasteiger partial charge in [0, 0.05) is 10.5 Å². The summed E-state index contributed by atoms with van der Waals surface area (Å²) in [5.74, 6) is -0.886. The number of halogens is 1. The van der Waals surface area contributed by atoms with Crippen molar-refractivity contribution in [2.75, 3.05) is 11.1 Å². The average Bonchev–Trinajstić information content (AvgIpc) is 2.97. The number of rotatable bonds is 5. The Morgan fingerprint density at radius 2 is 2.08 bits per heavy atom. The summed E-state index contributed by atoms with van der Waals surface area (Å²) < 4.78 is 15.0. The molecule has 4 nitrogen and oxygen atoms in total. The highest BCUT2D eigenvalue weighted by Gasteiger charge is 2.12. The molecule has 0 spiro atoms. The van der Waals surface area contributed by atoms with Crippen molar-refractivity contribution < 1.29 is 14.0 Å². The van der Waals surface area contributed by atoms with E-state index in [0.717, 1.165) is 27.5 Å². The normalized spacial score (nSPS) is 10.8. The number of anilines is 1. The second-order valence-electron chi connectivity index (χ2n) is 5.48. The Morgan fingerprint density at radius 1 is 1.28 bits per heavy atom. The van der Waals surface area contributed by atoms with E-state index >= 15 is 0 Å². The lowest BCUT2D eigenvalue weighted by Crippen LogP contribution is -2.13. The van der Waals surface area contributed by atoms with Crippen molar-refractivity contribution in [2.24, 2.45) is 0 Å². The molecule has 0 unspecified atom stereocenters. The minimum Gasteiger partial charge on any atom is -0.301 e. The number of nitrogens with zero attached hydrogens (tertiary/aromatic N) is 1. The highest BCUT2D eigenvalue weighted by molar-refractivity contribution is 8.00. The summed E-state index contributed by atoms with van der Waals surface area (Å²) >= 11 is 2.49. The van der Waals surface area contributed by atoms with Crippen LogP contribution in [0.2, 0.25) is 0 Å². The molecule has 0 radical (unpaired) electrons. The lowest BCUT2D eigenvalue weighted by Gasteiger charge is -2.04. The van der Waals surface area contributed by atoms with Crippen LogP contribution in [-0.4, -0.2) is 22.4 Å². The molecule has 7 heteroatoms. The van der Waals surface area contributed by atoms with Gasteiger partial charge in [0.15, 0.2) is 10.9 Å². The Bertz CT molecular complexity index is 969. The van der Waals surface area contributed by atoms with Gasteiger partial charge in [-0.05, 0) is 37.6 Å². The van der Waals surface area contributed by atoms with Gasteiger partial charge in [-0.2, -0.15) is 0 Å². The first-order valence-electron chi connectivity index (χ1n) is 7.53. The standard InChI is InChI=1S/C18H15FN2O2S2/c1-10-4-3-5-15-17(10)21-18(25-15)20-16(23)9-24-14-7-6-12(11(2)22)8-13(14)19/h3-8H,9H2,1-2H3,(H,20,21,23). The van der Waals surface area contributed by atoms with Crippen molar-refractivity contribution in [3.8, 4) is 0 Å². The molecule has 0 aliphatic heterocycles. The Kier molecular flexibility index (Phi) is 5.15. The van der Waals surface area contributed by atoms with Crippen LogP contribution in [0.25, 0.3) is 10.2 Å². The van der Waals surface area contributed by atoms with Crippen LogP contribution in [-0.2, 0) is 4.79 Å². The summed E-state index contributed by atoms with van der Waals surface area (Å²) in [6, 6.07) is 10.1. The van der Waals surface area contributed by atoms with E-state index in [0.29, 0.717) is 15.6 Å². The minimum absolute atomic E-state index is 0.0608. The molecule has 3 rings (SSSR count). The number of thiazole rings is 1. The number of thioether (sulfide) groups is 1. The lowest BCUT2D eigenvalue weighted by atomic mass is 10.1. The van der Waals surface area contributed by atoms with Crippen molar-refractivity contribution in [1.29, 1.82) is 0 Å². The minimum atomic E-state index is -0.499. The van der Waals surface area contributed by atoms with Gasteiger partial charge in [0.05, 0.1) is 16.0 Å². The van der Waals surface area contributed by atoms with E-state index in [1.54, 1.807) is 6.07 Å². The third kappa shape index (κ3) is 4.05. The second kappa shape index (κ2) is 7.33. The zero-order chi connectivity index (χ0) is 18.0. The van der Waals surface area contributed by atoms with Gasteiger partial charge in [0.25, 0.3) is 0 Å². The summed E-state index contributed by atoms with van der Waals surface area (Å²) in [5.41, 5.74) is 2.24. The second-order valence-corrected chi connectivity index (χ2v) is 7.53. The first-order valence-corrected chi connectivity index (χ1v) is 9.33. The zero-order valence-electron chi connectivity index (χ0n) is 13.6. The molecule has 0 bridgehead atoms. The molecular weight excluding hydrogens is 359 g/mol. The maximum absolute atomic E-state index is 14.0. The SMILES string of the molecule is CC(=O)c1ccc(SCC(=O)Nc2nc3c(C)cccc3s2)c(F)c1. The van der Waals surface area contributed by atoms with Crippen LogP contribution in [0.3, 0.4) is 0 Å². The number of aromatic nitrogens is 1. The summed E-state index contributed by atoms with van der Waals surface area (Å²) in [7, 11) is 0. The number of carbonyl (C=O) groups excluding carboxylic acids is 2. The van der Waals surface area contributed by atoms with Crippen molar-refractivity contribution in [1.82, 2.24) is 4.98 Å². The third-order valence-corrected chi connectivity index (χ3v) is 5.55. The Hall–Kier alpha value is -2.25. The molecule has 0 atom stereocenters. The first kappa shape index (κ1) is 17.6. The number of hydrogen-bond acceptors (Lipinski definition) is 5. The van der Waals surface area contributed by atoms with Gasteiger partial charge >= 0.3 is 0 Å². The van der Waals surface area contributed by atoms with Crippen LogP contribution < -0.4 is 5.32 Å². The molecule has 25 heavy (non-hydrogen) atoms. The van der Waals surface area contributed by atoms with Gasteiger partial charge in [0.1, 0.15) is 5.82 Å². The predicted octanol–water partition coefficient (Wildman–Crippen LogP) is 4.68. The van der Waals surface area contributed by atoms with Crippen LogP contribution in [0.5, 0.6) is 0 Å². The molecule has 2 aromatic carbocycles. The molecule has 0 saturated carbocycles. The fraction of sp³-hybridized carbons (Fsp3) is 0.167. The van der Waals surface area contributed by atoms with Gasteiger partial charge in [-0.1, -0.05) is 29.5 Å². The monoisotopic (exact) mass is 374 g/mol. The first-order chi connectivity index (χ1) is 11.9. The van der Waals surface area contributed by atoms with E-state index in [1.165, 1.54) is 30.4 Å². The molecular formula is C18H15FN2O2S2. The fourth-order valence-electron chi connectivity index (χ4n) is 2.28. The van der Waals surface area contributed by atoms with E-state index in [9.17, 15) is 14.0 Å². The fourth-order valence-corrected chi connectivity index (χ4v) is 3.96. The molecule has 0 fully saturated rings. The molecule has 1 amide bonds. The highest BCUT2D eigenvalue weighted by atomic mass is 32.2. The topological polar surface area (TPSA) is 59.1 Å². The van der Waals surface area contributed by atoms with Gasteiger partial charge in [-0.3, -0.25) is 9.59 Å². The summed E-state index contributed by atoms with van der Waals surface area (Å²) in [4.78, 5) is 28.1. The van der Waals surface area contributed by atoms with Gasteiger partial charge in [-0.15, -0.1) is 11.8 Å². The van der Waals surface area contributed by atoms with Gasteiger partial charge in [-0.25, -0.2) is 9.37 Å². The largest absolute Gasteiger partial charge is 0.301 e. The van der Waals surface area contributed by atoms with Gasteiger partial charge in [0.2, 0.25) is 5.91 Å². The van der Waals surface area contributed by atoms with Crippen LogP contribution in [0.1, 0.15) is 22.8 Å². The van der Waals surface area contributed by atoms with E-state index < -0.39 is 5.82 Å². The number of aryl methyl sites for hydroxylation is 1. The number of benzene rings is 2. The maximum Gasteiger partial charge on any atom is 0.236 e. The average molecular weight is 374 g/mol. The van der Waals surface area contributed by atoms with E-state index in [2.05, 4.69) is 10.3 Å². The summed E-state index contributed by atoms with van der Waals surface area (Å²) in [6.07, 6.45) is 0. The smallest absolute Gasteiger partial charge is 0.236 e. The lowest BCUT2D eigenvalue weighted by molar-refractivity contribution is -0.113. The van der Waals surface area contributed by atoms with Crippen molar-refractivity contribution >= 4 is 50.1 Å². The molecule has 0 saturated heterocycles. The molecule has 128 valence electrons. The molecule has 0 aliphatic carbocycles.